The number of rotatable bonds is 5. The lowest BCUT2D eigenvalue weighted by molar-refractivity contribution is 0.0107. The highest BCUT2D eigenvalue weighted by atomic mass is 16.5. The second-order valence-electron chi connectivity index (χ2n) is 9.65. The standard InChI is InChI=1S/C25H31N3O/c1-3-19-5-7-23(29-2)27-24(19)20-4-6-22(21(11-20)15-26)28-25-12-16-8-17(13-25)10-18(9-16)14-25/h4-7,11,16-18,24,27-28H,3,8-10,12-14H2,1-2H3/t16?,17?,18?,24-,25?/m0/s1. The van der Waals surface area contributed by atoms with Gasteiger partial charge in [-0.1, -0.05) is 19.1 Å². The molecule has 6 rings (SSSR count). The molecule has 5 aliphatic rings. The number of ether oxygens (including phenoxy) is 1. The number of nitrogens with one attached hydrogen (secondary N) is 2. The molecule has 152 valence electrons. The van der Waals surface area contributed by atoms with E-state index in [1.54, 1.807) is 7.11 Å². The topological polar surface area (TPSA) is 57.1 Å². The van der Waals surface area contributed by atoms with Crippen molar-refractivity contribution in [1.82, 2.24) is 5.32 Å². The van der Waals surface area contributed by atoms with Crippen molar-refractivity contribution >= 4 is 5.69 Å². The Bertz CT molecular complexity index is 872. The van der Waals surface area contributed by atoms with E-state index < -0.39 is 0 Å². The van der Waals surface area contributed by atoms with Crippen molar-refractivity contribution in [3.05, 3.63) is 52.9 Å². The summed E-state index contributed by atoms with van der Waals surface area (Å²) < 4.78 is 5.40. The fourth-order valence-corrected chi connectivity index (χ4v) is 6.80. The summed E-state index contributed by atoms with van der Waals surface area (Å²) >= 11 is 0. The summed E-state index contributed by atoms with van der Waals surface area (Å²) in [5, 5.41) is 17.3. The summed E-state index contributed by atoms with van der Waals surface area (Å²) in [6.45, 7) is 2.17. The molecule has 1 heterocycles. The van der Waals surface area contributed by atoms with Crippen LogP contribution in [0.25, 0.3) is 0 Å². The van der Waals surface area contributed by atoms with E-state index in [-0.39, 0.29) is 11.6 Å². The van der Waals surface area contributed by atoms with E-state index in [0.29, 0.717) is 0 Å². The van der Waals surface area contributed by atoms with Crippen LogP contribution in [0.2, 0.25) is 0 Å². The monoisotopic (exact) mass is 389 g/mol. The van der Waals surface area contributed by atoms with Crippen LogP contribution in [0.4, 0.5) is 5.69 Å². The number of nitriles is 1. The minimum Gasteiger partial charge on any atom is -0.483 e. The highest BCUT2D eigenvalue weighted by molar-refractivity contribution is 5.61. The van der Waals surface area contributed by atoms with E-state index in [0.717, 1.165) is 46.9 Å². The van der Waals surface area contributed by atoms with Crippen LogP contribution in [0.3, 0.4) is 0 Å². The Balaban J connectivity index is 1.41. The zero-order chi connectivity index (χ0) is 20.0. The quantitative estimate of drug-likeness (QED) is 0.707. The first kappa shape index (κ1) is 18.6. The van der Waals surface area contributed by atoms with Crippen molar-refractivity contribution in [1.29, 1.82) is 5.26 Å². The Morgan fingerprint density at radius 3 is 2.41 bits per heavy atom. The molecule has 4 nitrogen and oxygen atoms in total. The molecule has 4 fully saturated rings. The molecule has 0 radical (unpaired) electrons. The van der Waals surface area contributed by atoms with Crippen molar-refractivity contribution in [2.45, 2.75) is 63.5 Å². The van der Waals surface area contributed by atoms with Crippen LogP contribution in [0.1, 0.15) is 69.0 Å². The van der Waals surface area contributed by atoms with Gasteiger partial charge in [0, 0.05) is 5.54 Å². The zero-order valence-electron chi connectivity index (χ0n) is 17.5. The first-order valence-electron chi connectivity index (χ1n) is 11.1. The first-order valence-corrected chi connectivity index (χ1v) is 11.1. The average Bonchev–Trinajstić information content (AvgIpc) is 2.72. The number of dihydropyridines is 1. The van der Waals surface area contributed by atoms with Crippen molar-refractivity contribution in [2.24, 2.45) is 17.8 Å². The van der Waals surface area contributed by atoms with Gasteiger partial charge >= 0.3 is 0 Å². The molecule has 4 heteroatoms. The molecule has 4 bridgehead atoms. The van der Waals surface area contributed by atoms with Crippen molar-refractivity contribution < 1.29 is 4.74 Å². The summed E-state index contributed by atoms with van der Waals surface area (Å²) in [6, 6.07) is 8.88. The largest absolute Gasteiger partial charge is 0.483 e. The highest BCUT2D eigenvalue weighted by Crippen LogP contribution is 2.56. The van der Waals surface area contributed by atoms with Gasteiger partial charge in [0.25, 0.3) is 0 Å². The van der Waals surface area contributed by atoms with Crippen LogP contribution in [-0.2, 0) is 4.74 Å². The molecule has 0 amide bonds. The smallest absolute Gasteiger partial charge is 0.187 e. The molecular formula is C25H31N3O. The van der Waals surface area contributed by atoms with Gasteiger partial charge in [0.15, 0.2) is 5.88 Å². The van der Waals surface area contributed by atoms with Gasteiger partial charge in [-0.3, -0.25) is 0 Å². The molecule has 0 aromatic heterocycles. The number of benzene rings is 1. The average molecular weight is 390 g/mol. The summed E-state index contributed by atoms with van der Waals surface area (Å²) in [7, 11) is 1.68. The lowest BCUT2D eigenvalue weighted by Gasteiger charge is -2.57. The maximum Gasteiger partial charge on any atom is 0.187 e. The summed E-state index contributed by atoms with van der Waals surface area (Å²) in [5.74, 6) is 3.44. The van der Waals surface area contributed by atoms with E-state index in [2.05, 4.69) is 47.9 Å². The third-order valence-corrected chi connectivity index (χ3v) is 7.67. The molecule has 0 saturated heterocycles. The number of methoxy groups -OCH3 is 1. The fraction of sp³-hybridized carbons (Fsp3) is 0.560. The van der Waals surface area contributed by atoms with Crippen molar-refractivity contribution in [3.63, 3.8) is 0 Å². The number of allylic oxidation sites excluding steroid dienone is 2. The predicted molar refractivity (Wildman–Crippen MR) is 115 cm³/mol. The summed E-state index contributed by atoms with van der Waals surface area (Å²) in [4.78, 5) is 0. The molecule has 4 aliphatic carbocycles. The molecule has 2 N–H and O–H groups in total. The molecule has 1 aromatic carbocycles. The molecule has 1 aliphatic heterocycles. The van der Waals surface area contributed by atoms with E-state index in [1.165, 1.54) is 44.1 Å². The zero-order valence-corrected chi connectivity index (χ0v) is 17.5. The second-order valence-corrected chi connectivity index (χ2v) is 9.65. The maximum absolute atomic E-state index is 9.91. The second kappa shape index (κ2) is 7.13. The van der Waals surface area contributed by atoms with Crippen LogP contribution >= 0.6 is 0 Å². The lowest BCUT2D eigenvalue weighted by Crippen LogP contribution is -2.54. The highest BCUT2D eigenvalue weighted by Gasteiger charge is 2.51. The Kier molecular flexibility index (Phi) is 4.57. The van der Waals surface area contributed by atoms with Crippen molar-refractivity contribution in [2.75, 3.05) is 12.4 Å². The van der Waals surface area contributed by atoms with Gasteiger partial charge in [-0.25, -0.2) is 0 Å². The Hall–Kier alpha value is -2.41. The Morgan fingerprint density at radius 2 is 1.83 bits per heavy atom. The van der Waals surface area contributed by atoms with Crippen LogP contribution < -0.4 is 10.6 Å². The third kappa shape index (κ3) is 3.31. The van der Waals surface area contributed by atoms with Gasteiger partial charge < -0.3 is 15.4 Å². The van der Waals surface area contributed by atoms with Gasteiger partial charge in [0.1, 0.15) is 6.07 Å². The predicted octanol–water partition coefficient (Wildman–Crippen LogP) is 5.41. The minimum absolute atomic E-state index is 0.0562. The Morgan fingerprint density at radius 1 is 1.14 bits per heavy atom. The first-order chi connectivity index (χ1) is 14.1. The van der Waals surface area contributed by atoms with Crippen molar-refractivity contribution in [3.8, 4) is 6.07 Å². The molecule has 0 spiro atoms. The van der Waals surface area contributed by atoms with Crippen LogP contribution in [0.5, 0.6) is 0 Å². The maximum atomic E-state index is 9.91. The molecule has 0 unspecified atom stereocenters. The molecule has 29 heavy (non-hydrogen) atoms. The fourth-order valence-electron chi connectivity index (χ4n) is 6.80. The van der Waals surface area contributed by atoms with E-state index in [1.807, 2.05) is 6.08 Å². The van der Waals surface area contributed by atoms with Crippen LogP contribution in [0.15, 0.2) is 41.8 Å². The van der Waals surface area contributed by atoms with Gasteiger partial charge in [-0.2, -0.15) is 5.26 Å². The number of hydrogen-bond acceptors (Lipinski definition) is 4. The van der Waals surface area contributed by atoms with Crippen LogP contribution in [0, 0.1) is 29.1 Å². The van der Waals surface area contributed by atoms with E-state index in [9.17, 15) is 5.26 Å². The van der Waals surface area contributed by atoms with E-state index in [4.69, 9.17) is 4.74 Å². The van der Waals surface area contributed by atoms with Gasteiger partial charge in [-0.15, -0.1) is 0 Å². The van der Waals surface area contributed by atoms with Gasteiger partial charge in [-0.05, 0) is 92.0 Å². The Labute approximate surface area is 174 Å². The number of hydrogen-bond donors (Lipinski definition) is 2. The molecule has 1 aromatic rings. The lowest BCUT2D eigenvalue weighted by atomic mass is 9.53. The normalized spacial score (nSPS) is 34.7. The summed E-state index contributed by atoms with van der Waals surface area (Å²) in [5.41, 5.74) is 4.40. The molecule has 1 atom stereocenters. The number of anilines is 1. The third-order valence-electron chi connectivity index (χ3n) is 7.67. The van der Waals surface area contributed by atoms with Gasteiger partial charge in [0.05, 0.1) is 24.4 Å². The van der Waals surface area contributed by atoms with Gasteiger partial charge in [0.2, 0.25) is 0 Å². The number of nitrogens with zero attached hydrogens (tertiary/aromatic N) is 1. The summed E-state index contributed by atoms with van der Waals surface area (Å²) in [6.07, 6.45) is 13.2. The molecule has 4 saturated carbocycles. The molecular weight excluding hydrogens is 358 g/mol. The van der Waals surface area contributed by atoms with Crippen LogP contribution in [-0.4, -0.2) is 12.6 Å². The van der Waals surface area contributed by atoms with E-state index >= 15 is 0 Å². The SMILES string of the molecule is CCC1=CC=C(OC)N[C@@H]1c1ccc(NC23CC4CC(CC(C4)C2)C3)c(C#N)c1. The minimum atomic E-state index is 0.0562.